The Labute approximate surface area is 191 Å². The number of halogens is 6. The van der Waals surface area contributed by atoms with E-state index in [1.54, 1.807) is 0 Å². The summed E-state index contributed by atoms with van der Waals surface area (Å²) >= 11 is 0. The van der Waals surface area contributed by atoms with Crippen molar-refractivity contribution in [3.8, 4) is 0 Å². The van der Waals surface area contributed by atoms with Crippen molar-refractivity contribution in [3.63, 3.8) is 0 Å². The number of nitrogens with zero attached hydrogens (tertiary/aromatic N) is 1. The molecule has 1 saturated carbocycles. The predicted octanol–water partition coefficient (Wildman–Crippen LogP) is 4.37. The van der Waals surface area contributed by atoms with E-state index >= 15 is 0 Å². The summed E-state index contributed by atoms with van der Waals surface area (Å²) in [5.74, 6) is -0.338. The number of sulfonamides is 1. The zero-order valence-electron chi connectivity index (χ0n) is 17.6. The first kappa shape index (κ1) is 26.0. The number of aliphatic hydroxyl groups is 1. The van der Waals surface area contributed by atoms with Crippen LogP contribution in [0.15, 0.2) is 53.4 Å². The lowest BCUT2D eigenvalue weighted by Gasteiger charge is -2.33. The number of nitrogens with one attached hydrogen (secondary N) is 1. The largest absolute Gasteiger partial charge is 0.430 e. The molecule has 0 unspecified atom stereocenters. The van der Waals surface area contributed by atoms with Gasteiger partial charge in [-0.05, 0) is 55.2 Å². The average molecular weight is 510 g/mol. The summed E-state index contributed by atoms with van der Waals surface area (Å²) in [5.41, 5.74) is -6.53. The molecule has 1 aliphatic carbocycles. The molecule has 1 fully saturated rings. The summed E-state index contributed by atoms with van der Waals surface area (Å²) in [6.07, 6.45) is -10.2. The van der Waals surface area contributed by atoms with Gasteiger partial charge in [0.2, 0.25) is 15.9 Å². The molecule has 186 valence electrons. The van der Waals surface area contributed by atoms with Gasteiger partial charge in [0, 0.05) is 30.4 Å². The van der Waals surface area contributed by atoms with Crippen LogP contribution in [0, 0.1) is 5.92 Å². The van der Waals surface area contributed by atoms with Gasteiger partial charge < -0.3 is 5.11 Å². The molecule has 1 aliphatic rings. The number of benzene rings is 2. The van der Waals surface area contributed by atoms with Crippen LogP contribution in [0.1, 0.15) is 25.3 Å². The monoisotopic (exact) mass is 510 g/mol. The van der Waals surface area contributed by atoms with E-state index in [-0.39, 0.29) is 16.3 Å². The molecule has 13 heteroatoms. The van der Waals surface area contributed by atoms with Crippen molar-refractivity contribution < 1.29 is 44.7 Å². The second-order valence-corrected chi connectivity index (χ2v) is 9.66. The molecule has 0 spiro atoms. The van der Waals surface area contributed by atoms with E-state index in [0.717, 1.165) is 36.8 Å². The third kappa shape index (κ3) is 5.05. The Kier molecular flexibility index (Phi) is 6.77. The highest BCUT2D eigenvalue weighted by Crippen LogP contribution is 2.50. The standard InChI is InChI=1S/C21H20F6N2O4S/c1-13(30)29(17-8-10-18(11-9-17)34(32,33)28-12-14-2-3-14)16-6-4-15(5-7-16)19(31,20(22,23)24)21(25,26)27/h4-11,14,28,31H,2-3,12H2,1H3. The second-order valence-electron chi connectivity index (χ2n) is 7.90. The number of carbonyl (C=O) groups is 1. The van der Waals surface area contributed by atoms with Crippen LogP contribution >= 0.6 is 0 Å². The Morgan fingerprint density at radius 3 is 1.76 bits per heavy atom. The fraction of sp³-hybridized carbons (Fsp3) is 0.381. The highest BCUT2D eigenvalue weighted by Gasteiger charge is 2.71. The summed E-state index contributed by atoms with van der Waals surface area (Å²) < 4.78 is 106. The second kappa shape index (κ2) is 8.86. The molecule has 0 heterocycles. The molecule has 0 aromatic heterocycles. The van der Waals surface area contributed by atoms with Crippen LogP contribution in [0.2, 0.25) is 0 Å². The van der Waals surface area contributed by atoms with Crippen molar-refractivity contribution in [1.82, 2.24) is 4.72 Å². The van der Waals surface area contributed by atoms with E-state index < -0.39 is 39.4 Å². The molecule has 0 atom stereocenters. The maximum absolute atomic E-state index is 13.1. The third-order valence-electron chi connectivity index (χ3n) is 5.34. The van der Waals surface area contributed by atoms with Gasteiger partial charge >= 0.3 is 12.4 Å². The third-order valence-corrected chi connectivity index (χ3v) is 6.78. The molecule has 6 nitrogen and oxygen atoms in total. The average Bonchev–Trinajstić information content (AvgIpc) is 3.56. The van der Waals surface area contributed by atoms with Gasteiger partial charge in [-0.15, -0.1) is 0 Å². The Bertz CT molecular complexity index is 1130. The molecule has 3 rings (SSSR count). The number of rotatable bonds is 7. The molecular formula is C21H20F6N2O4S. The predicted molar refractivity (Wildman–Crippen MR) is 110 cm³/mol. The normalized spacial score (nSPS) is 15.3. The molecule has 2 aromatic rings. The lowest BCUT2D eigenvalue weighted by atomic mass is 9.92. The Morgan fingerprint density at radius 2 is 1.38 bits per heavy atom. The zero-order chi connectivity index (χ0) is 25.5. The first-order valence-electron chi connectivity index (χ1n) is 9.95. The molecule has 0 saturated heterocycles. The summed E-state index contributed by atoms with van der Waals surface area (Å²) in [6.45, 7) is 1.41. The Balaban J connectivity index is 1.90. The minimum atomic E-state index is -6.04. The first-order chi connectivity index (χ1) is 15.6. The minimum absolute atomic E-state index is 0.0730. The maximum Gasteiger partial charge on any atom is 0.430 e. The van der Waals surface area contributed by atoms with Gasteiger partial charge in [-0.1, -0.05) is 12.1 Å². The molecule has 2 aromatic carbocycles. The Hall–Kier alpha value is -2.64. The number of hydrogen-bond acceptors (Lipinski definition) is 4. The number of alkyl halides is 6. The van der Waals surface area contributed by atoms with Gasteiger partial charge in [-0.2, -0.15) is 26.3 Å². The van der Waals surface area contributed by atoms with Crippen LogP contribution in [0.25, 0.3) is 0 Å². The van der Waals surface area contributed by atoms with Crippen LogP contribution in [0.3, 0.4) is 0 Å². The van der Waals surface area contributed by atoms with Gasteiger partial charge in [-0.25, -0.2) is 13.1 Å². The molecule has 2 N–H and O–H groups in total. The highest BCUT2D eigenvalue weighted by molar-refractivity contribution is 7.89. The van der Waals surface area contributed by atoms with Crippen molar-refractivity contribution in [2.75, 3.05) is 11.4 Å². The number of carbonyl (C=O) groups excluding carboxylic acids is 1. The van der Waals surface area contributed by atoms with Crippen molar-refractivity contribution in [2.24, 2.45) is 5.92 Å². The van der Waals surface area contributed by atoms with E-state index in [0.29, 0.717) is 24.6 Å². The topological polar surface area (TPSA) is 86.7 Å². The van der Waals surface area contributed by atoms with Gasteiger partial charge in [0.25, 0.3) is 5.60 Å². The van der Waals surface area contributed by atoms with Crippen LogP contribution in [0.4, 0.5) is 37.7 Å². The smallest absolute Gasteiger partial charge is 0.369 e. The van der Waals surface area contributed by atoms with Crippen LogP contribution in [-0.4, -0.2) is 38.3 Å². The van der Waals surface area contributed by atoms with Gasteiger partial charge in [0.1, 0.15) is 0 Å². The van der Waals surface area contributed by atoms with Crippen molar-refractivity contribution in [2.45, 2.75) is 42.6 Å². The SMILES string of the molecule is CC(=O)N(c1ccc(C(O)(C(F)(F)F)C(F)(F)F)cc1)c1ccc(S(=O)(=O)NCC2CC2)cc1. The van der Waals surface area contributed by atoms with Crippen molar-refractivity contribution >= 4 is 27.3 Å². The molecule has 0 bridgehead atoms. The number of amides is 1. The maximum atomic E-state index is 13.1. The van der Waals surface area contributed by atoms with Gasteiger partial charge in [0.05, 0.1) is 4.90 Å². The molecule has 1 amide bonds. The van der Waals surface area contributed by atoms with E-state index in [1.165, 1.54) is 24.3 Å². The van der Waals surface area contributed by atoms with E-state index in [1.807, 2.05) is 0 Å². The van der Waals surface area contributed by atoms with Crippen LogP contribution in [-0.2, 0) is 20.4 Å². The molecule has 0 radical (unpaired) electrons. The Morgan fingerprint density at radius 1 is 0.941 bits per heavy atom. The summed E-state index contributed by atoms with van der Waals surface area (Å²) in [5, 5.41) is 9.51. The quantitative estimate of drug-likeness (QED) is 0.542. The van der Waals surface area contributed by atoms with Gasteiger partial charge in [0.15, 0.2) is 0 Å². The lowest BCUT2D eigenvalue weighted by molar-refractivity contribution is -0.376. The summed E-state index contributed by atoms with van der Waals surface area (Å²) in [4.78, 5) is 13.1. The summed E-state index contributed by atoms with van der Waals surface area (Å²) in [7, 11) is -3.79. The van der Waals surface area contributed by atoms with Gasteiger partial charge in [-0.3, -0.25) is 9.69 Å². The fourth-order valence-corrected chi connectivity index (χ4v) is 4.38. The number of hydrogen-bond donors (Lipinski definition) is 2. The molecule has 34 heavy (non-hydrogen) atoms. The fourth-order valence-electron chi connectivity index (χ4n) is 3.26. The minimum Gasteiger partial charge on any atom is -0.369 e. The van der Waals surface area contributed by atoms with Crippen LogP contribution in [0.5, 0.6) is 0 Å². The van der Waals surface area contributed by atoms with Crippen molar-refractivity contribution in [3.05, 3.63) is 54.1 Å². The van der Waals surface area contributed by atoms with E-state index in [2.05, 4.69) is 4.72 Å². The zero-order valence-corrected chi connectivity index (χ0v) is 18.4. The lowest BCUT2D eigenvalue weighted by Crippen LogP contribution is -2.53. The van der Waals surface area contributed by atoms with E-state index in [9.17, 15) is 44.7 Å². The van der Waals surface area contributed by atoms with Crippen molar-refractivity contribution in [1.29, 1.82) is 0 Å². The molecular weight excluding hydrogens is 490 g/mol. The van der Waals surface area contributed by atoms with E-state index in [4.69, 9.17) is 0 Å². The molecule has 0 aliphatic heterocycles. The highest BCUT2D eigenvalue weighted by atomic mass is 32.2. The number of anilines is 2. The van der Waals surface area contributed by atoms with Crippen LogP contribution < -0.4 is 9.62 Å². The summed E-state index contributed by atoms with van der Waals surface area (Å²) in [6, 6.07) is 7.50. The first-order valence-corrected chi connectivity index (χ1v) is 11.4.